The maximum atomic E-state index is 14.2. The number of fused-ring (bicyclic) bond motifs is 20. The molecule has 36 heteroatoms. The van der Waals surface area contributed by atoms with Gasteiger partial charge in [-0.25, -0.2) is 63.6 Å². The molecule has 0 atom stereocenters. The Morgan fingerprint density at radius 1 is 0.281 bits per heavy atom. The minimum absolute atomic E-state index is 0. The topological polar surface area (TPSA) is 454 Å². The first kappa shape index (κ1) is 70.4. The second-order valence-corrected chi connectivity index (χ2v) is 27.1. The van der Waals surface area contributed by atoms with Gasteiger partial charge in [-0.2, -0.15) is 0 Å². The van der Waals surface area contributed by atoms with E-state index in [4.69, 9.17) is 29.9 Å². The van der Waals surface area contributed by atoms with Gasteiger partial charge in [-0.15, -0.1) is 0 Å². The quantitative estimate of drug-likeness (QED) is 0.0753. The van der Waals surface area contributed by atoms with Gasteiger partial charge in [-0.3, -0.25) is 18.9 Å². The van der Waals surface area contributed by atoms with Crippen LogP contribution in [0.5, 0.6) is 0 Å². The Morgan fingerprint density at radius 2 is 0.510 bits per heavy atom. The zero-order chi connectivity index (χ0) is 64.8. The van der Waals surface area contributed by atoms with Gasteiger partial charge >= 0.3 is 69.4 Å². The van der Waals surface area contributed by atoms with Crippen molar-refractivity contribution in [1.82, 2.24) is 39.9 Å². The number of aromatic nitrogens is 8. The molecule has 458 valence electrons. The molecular weight excluding hydrogens is 1380 g/mol. The molecular formula is C60H34Al4N12O16S4+8. The smallest absolute Gasteiger partial charge is 0.545 e. The Morgan fingerprint density at radius 3 is 0.771 bits per heavy atom. The van der Waals surface area contributed by atoms with Crippen LogP contribution in [0.3, 0.4) is 0 Å². The molecule has 0 aliphatic carbocycles. The van der Waals surface area contributed by atoms with Crippen LogP contribution in [0.2, 0.25) is 0 Å². The van der Waals surface area contributed by atoms with Crippen LogP contribution in [0.25, 0.3) is 89.7 Å². The Labute approximate surface area is 584 Å². The number of nitrogens with zero attached hydrogens (tertiary/aromatic N) is 6. The third-order valence-corrected chi connectivity index (χ3v) is 20.0. The molecule has 2 aliphatic heterocycles. The second kappa shape index (κ2) is 26.7. The number of rotatable bonds is 16. The Balaban J connectivity index is 0.00000270. The predicted octanol–water partition coefficient (Wildman–Crippen LogP) is 2.00. The summed E-state index contributed by atoms with van der Waals surface area (Å²) in [5.74, 6) is -6.64. The molecule has 5 heterocycles. The van der Waals surface area contributed by atoms with Crippen molar-refractivity contribution in [3.63, 3.8) is 0 Å². The number of carbonyl (C=O) groups is 4. The van der Waals surface area contributed by atoms with Gasteiger partial charge in [-0.1, -0.05) is 48.5 Å². The fourth-order valence-electron chi connectivity index (χ4n) is 9.93. The fourth-order valence-corrected chi connectivity index (χ4v) is 14.3. The summed E-state index contributed by atoms with van der Waals surface area (Å²) in [5.41, 5.74) is -0.808. The minimum Gasteiger partial charge on any atom is -0.545 e. The SMILES string of the molecule is O=C([O-])c1ccc(NS(=O)(=O)c2ccc3c(c2)-c2nc-3nc3[nH]c(nc4nc(nc5[nH]c(n2)c2ccc(S(=O)(=O)Nc6ccc(C(=O)[O-])cc6)cc52)-c2ccc(S(=O)(=O)Nc5ccc(C(=O)[O-])cc5)cc2-4)c2ccc(S(=O)(=O)Nc4ccc(C(=O)[O-])cc4)cc32)cc1.[Al+3].[Al+3].[Al+3].[Al+3]. The Bertz CT molecular complexity index is 5390. The summed E-state index contributed by atoms with van der Waals surface area (Å²) in [7, 11) is -18.0. The van der Waals surface area contributed by atoms with Gasteiger partial charge in [0.05, 0.1) is 43.5 Å². The molecule has 0 amide bonds. The number of sulfonamides is 4. The van der Waals surface area contributed by atoms with Crippen LogP contribution in [0.4, 0.5) is 22.7 Å². The normalized spacial score (nSPS) is 11.7. The number of aromatic amines is 2. The van der Waals surface area contributed by atoms with Crippen LogP contribution in [-0.4, -0.2) is 167 Å². The van der Waals surface area contributed by atoms with Gasteiger partial charge < -0.3 is 49.6 Å². The van der Waals surface area contributed by atoms with Crippen LogP contribution < -0.4 is 39.3 Å². The van der Waals surface area contributed by atoms with E-state index in [1.807, 2.05) is 0 Å². The third kappa shape index (κ3) is 13.7. The van der Waals surface area contributed by atoms with Crippen molar-refractivity contribution >= 4 is 200 Å². The van der Waals surface area contributed by atoms with Crippen molar-refractivity contribution < 1.29 is 73.3 Å². The maximum Gasteiger partial charge on any atom is 3.00 e. The first-order chi connectivity index (χ1) is 43.7. The molecule has 8 aromatic carbocycles. The Kier molecular flexibility index (Phi) is 19.6. The number of carboxylic acids is 4. The summed E-state index contributed by atoms with van der Waals surface area (Å²) >= 11 is 0. The standard InChI is InChI=1S/C60H38N12O16S4.4Al/c73-57(74)29-1-9-33(10-2-29)69-89(81,82)37-17-21-41-45(25-37)53-61-49(41)66-54-47-27-39(91(85,86)71-35-13-5-31(6-14-35)59(77)78)19-23-43(47)51(63-54)68-56-48-28-40(92(87,88)72-36-15-7-32(8-16-36)60(79)80)20-24-44(48)52(64-56)67-55-46-26-38(18-22-42(46)50(62-55)65-53)90(83,84)70-34-11-3-30(4-12-34)58(75)76;;;;/h1-28,69-72H,(H,73,74)(H,75,76)(H,77,78)(H,79,80)(H2,61,62,63,64,65,66,67,68);;;;/q;4*+3/p-4. The van der Waals surface area contributed by atoms with E-state index in [1.165, 1.54) is 121 Å². The van der Waals surface area contributed by atoms with Crippen molar-refractivity contribution in [3.05, 3.63) is 192 Å². The molecule has 6 N–H and O–H groups in total. The number of aromatic carboxylic acids is 4. The summed E-state index contributed by atoms with van der Waals surface area (Å²) in [4.78, 5) is 79.9. The average Bonchev–Trinajstić information content (AvgIpc) is 1.59. The molecule has 11 aromatic rings. The molecule has 28 nitrogen and oxygen atoms in total. The van der Waals surface area contributed by atoms with E-state index < -0.39 is 64.0 Å². The molecule has 0 fully saturated rings. The molecule has 2 aliphatic rings. The number of nitrogens with one attached hydrogen (secondary N) is 6. The average molecular weight is 1420 g/mol. The summed E-state index contributed by atoms with van der Waals surface area (Å²) < 4.78 is 123. The predicted molar refractivity (Wildman–Crippen MR) is 345 cm³/mol. The van der Waals surface area contributed by atoms with Crippen molar-refractivity contribution in [3.8, 4) is 45.6 Å². The number of anilines is 4. The first-order valence-electron chi connectivity index (χ1n) is 26.5. The number of H-pyrrole nitrogens is 2. The first-order valence-corrected chi connectivity index (χ1v) is 32.5. The van der Waals surface area contributed by atoms with Gasteiger partial charge in [0.1, 0.15) is 22.6 Å². The molecule has 96 heavy (non-hydrogen) atoms. The molecule has 0 radical (unpaired) electrons. The number of hydrogen-bond donors (Lipinski definition) is 6. The zero-order valence-electron chi connectivity index (χ0n) is 48.3. The summed E-state index contributed by atoms with van der Waals surface area (Å²) in [6.45, 7) is 0. The summed E-state index contributed by atoms with van der Waals surface area (Å²) in [5, 5.41) is 46.4. The second-order valence-electron chi connectivity index (χ2n) is 20.3. The van der Waals surface area contributed by atoms with Crippen LogP contribution >= 0.6 is 0 Å². The van der Waals surface area contributed by atoms with Gasteiger partial charge in [0.25, 0.3) is 40.1 Å². The molecule has 0 spiro atoms. The Hall–Kier alpha value is -9.87. The van der Waals surface area contributed by atoms with Gasteiger partial charge in [-0.05, 0) is 144 Å². The summed E-state index contributed by atoms with van der Waals surface area (Å²) in [6, 6.07) is 34.3. The van der Waals surface area contributed by atoms with Crippen molar-refractivity contribution in [2.24, 2.45) is 0 Å². The molecule has 0 saturated heterocycles. The van der Waals surface area contributed by atoms with E-state index in [1.54, 1.807) is 0 Å². The van der Waals surface area contributed by atoms with E-state index >= 15 is 0 Å². The van der Waals surface area contributed by atoms with Crippen LogP contribution in [-0.2, 0) is 40.1 Å². The number of hydrogen-bond acceptors (Lipinski definition) is 22. The van der Waals surface area contributed by atoms with E-state index in [0.29, 0.717) is 0 Å². The molecule has 13 rings (SSSR count). The van der Waals surface area contributed by atoms with E-state index in [-0.39, 0.29) is 224 Å². The van der Waals surface area contributed by atoms with Crippen LogP contribution in [0, 0.1) is 0 Å². The maximum absolute atomic E-state index is 14.2. The van der Waals surface area contributed by atoms with Gasteiger partial charge in [0, 0.05) is 66.5 Å². The van der Waals surface area contributed by atoms with E-state index in [0.717, 1.165) is 48.5 Å². The minimum atomic E-state index is -4.50. The molecule has 8 bridgehead atoms. The van der Waals surface area contributed by atoms with Crippen molar-refractivity contribution in [2.45, 2.75) is 19.6 Å². The monoisotopic (exact) mass is 1410 g/mol. The van der Waals surface area contributed by atoms with Gasteiger partial charge in [0.15, 0.2) is 23.3 Å². The summed E-state index contributed by atoms with van der Waals surface area (Å²) in [6.07, 6.45) is 0. The zero-order valence-corrected chi connectivity index (χ0v) is 56.2. The molecule has 0 unspecified atom stereocenters. The van der Waals surface area contributed by atoms with Crippen LogP contribution in [0.15, 0.2) is 189 Å². The van der Waals surface area contributed by atoms with Crippen molar-refractivity contribution in [1.29, 1.82) is 0 Å². The largest absolute Gasteiger partial charge is 3.00 e. The number of carbonyl (C=O) groups excluding carboxylic acids is 4. The number of carboxylic acid groups (broad SMARTS) is 4. The molecule has 3 aromatic heterocycles. The van der Waals surface area contributed by atoms with Gasteiger partial charge in [0.2, 0.25) is 0 Å². The van der Waals surface area contributed by atoms with E-state index in [9.17, 15) is 73.3 Å². The van der Waals surface area contributed by atoms with Crippen molar-refractivity contribution in [2.75, 3.05) is 18.9 Å². The third-order valence-electron chi connectivity index (χ3n) is 14.4. The van der Waals surface area contributed by atoms with Crippen LogP contribution in [0.1, 0.15) is 41.4 Å². The number of benzene rings is 8. The fraction of sp³-hybridized carbons (Fsp3) is 0. The van der Waals surface area contributed by atoms with E-state index in [2.05, 4.69) is 28.9 Å². The molecule has 0 saturated carbocycles.